The van der Waals surface area contributed by atoms with Crippen LogP contribution in [0, 0.1) is 0 Å². The van der Waals surface area contributed by atoms with Crippen molar-refractivity contribution in [1.82, 2.24) is 9.55 Å². The number of imidazole rings is 1. The van der Waals surface area contributed by atoms with Crippen molar-refractivity contribution < 1.29 is 4.74 Å². The number of aromatic nitrogens is 2. The number of hydrogen-bond donors (Lipinski definition) is 1. The van der Waals surface area contributed by atoms with Gasteiger partial charge in [-0.15, -0.1) is 0 Å². The molecule has 1 aliphatic heterocycles. The van der Waals surface area contributed by atoms with E-state index in [0.29, 0.717) is 11.8 Å². The molecule has 1 aromatic rings. The Hall–Kier alpha value is -1.03. The lowest BCUT2D eigenvalue weighted by Gasteiger charge is -2.21. The van der Waals surface area contributed by atoms with Crippen LogP contribution in [0.4, 0.5) is 5.82 Å². The Balaban J connectivity index is 1.85. The Labute approximate surface area is 115 Å². The van der Waals surface area contributed by atoms with Gasteiger partial charge in [0.05, 0.1) is 12.3 Å². The smallest absolute Gasteiger partial charge is 0.126 e. The molecule has 0 bridgehead atoms. The molecular weight excluding hydrogens is 238 g/mol. The van der Waals surface area contributed by atoms with Crippen molar-refractivity contribution in [3.63, 3.8) is 0 Å². The molecule has 2 N–H and O–H groups in total. The van der Waals surface area contributed by atoms with Crippen molar-refractivity contribution in [3.8, 4) is 0 Å². The maximum atomic E-state index is 6.29. The van der Waals surface area contributed by atoms with Gasteiger partial charge in [0.2, 0.25) is 0 Å². The first kappa shape index (κ1) is 13.0. The number of ether oxygens (including phenoxy) is 1. The molecule has 2 fully saturated rings. The first-order valence-electron chi connectivity index (χ1n) is 7.67. The third-order valence-electron chi connectivity index (χ3n) is 4.72. The van der Waals surface area contributed by atoms with Gasteiger partial charge in [-0.3, -0.25) is 0 Å². The Kier molecular flexibility index (Phi) is 3.78. The fraction of sp³-hybridized carbons (Fsp3) is 0.800. The summed E-state index contributed by atoms with van der Waals surface area (Å²) in [4.78, 5) is 4.91. The molecule has 1 unspecified atom stereocenters. The molecule has 0 radical (unpaired) electrons. The number of nitrogen functional groups attached to an aromatic ring is 1. The summed E-state index contributed by atoms with van der Waals surface area (Å²) in [7, 11) is 2.07. The quantitative estimate of drug-likeness (QED) is 0.892. The lowest BCUT2D eigenvalue weighted by molar-refractivity contribution is 0.0795. The molecule has 0 aromatic carbocycles. The summed E-state index contributed by atoms with van der Waals surface area (Å²) in [6.07, 6.45) is 8.86. The van der Waals surface area contributed by atoms with Gasteiger partial charge in [-0.25, -0.2) is 4.98 Å². The monoisotopic (exact) mass is 263 g/mol. The van der Waals surface area contributed by atoms with E-state index in [4.69, 9.17) is 15.5 Å². The number of rotatable bonds is 2. The molecule has 2 aliphatic rings. The van der Waals surface area contributed by atoms with Crippen LogP contribution in [0.5, 0.6) is 0 Å². The van der Waals surface area contributed by atoms with E-state index in [1.807, 2.05) is 0 Å². The third kappa shape index (κ3) is 2.50. The molecule has 1 saturated heterocycles. The van der Waals surface area contributed by atoms with Gasteiger partial charge in [0.1, 0.15) is 11.6 Å². The van der Waals surface area contributed by atoms with Crippen LogP contribution in [0.1, 0.15) is 68.3 Å². The van der Waals surface area contributed by atoms with E-state index in [1.54, 1.807) is 0 Å². The van der Waals surface area contributed by atoms with Crippen molar-refractivity contribution in [2.45, 2.75) is 56.8 Å². The molecule has 4 heteroatoms. The Morgan fingerprint density at radius 1 is 1.11 bits per heavy atom. The van der Waals surface area contributed by atoms with Crippen molar-refractivity contribution in [1.29, 1.82) is 0 Å². The Morgan fingerprint density at radius 3 is 2.53 bits per heavy atom. The molecule has 4 nitrogen and oxygen atoms in total. The minimum Gasteiger partial charge on any atom is -0.384 e. The second-order valence-corrected chi connectivity index (χ2v) is 6.05. The molecule has 3 rings (SSSR count). The standard InChI is InChI=1S/C15H25N3O/c1-18-14(16)13(12-8-5-9-19-10-12)17-15(18)11-6-3-2-4-7-11/h11-12H,2-10,16H2,1H3. The van der Waals surface area contributed by atoms with Gasteiger partial charge < -0.3 is 15.0 Å². The van der Waals surface area contributed by atoms with Gasteiger partial charge in [-0.05, 0) is 25.7 Å². The molecule has 0 spiro atoms. The highest BCUT2D eigenvalue weighted by Gasteiger charge is 2.27. The van der Waals surface area contributed by atoms with Crippen LogP contribution in [0.25, 0.3) is 0 Å². The topological polar surface area (TPSA) is 53.1 Å². The van der Waals surface area contributed by atoms with Crippen LogP contribution in [0.15, 0.2) is 0 Å². The summed E-state index contributed by atoms with van der Waals surface area (Å²) in [5, 5.41) is 0. The zero-order valence-electron chi connectivity index (χ0n) is 11.9. The predicted octanol–water partition coefficient (Wildman–Crippen LogP) is 2.94. The summed E-state index contributed by atoms with van der Waals surface area (Å²) in [6.45, 7) is 1.67. The molecule has 0 amide bonds. The highest BCUT2D eigenvalue weighted by Crippen LogP contribution is 2.36. The first-order chi connectivity index (χ1) is 9.27. The normalized spacial score (nSPS) is 25.6. The molecular formula is C15H25N3O. The Bertz CT molecular complexity index is 390. The number of hydrogen-bond acceptors (Lipinski definition) is 3. The van der Waals surface area contributed by atoms with Crippen molar-refractivity contribution in [2.24, 2.45) is 7.05 Å². The highest BCUT2D eigenvalue weighted by atomic mass is 16.5. The van der Waals surface area contributed by atoms with Crippen LogP contribution in [-0.2, 0) is 11.8 Å². The maximum Gasteiger partial charge on any atom is 0.126 e. The number of anilines is 1. The zero-order valence-corrected chi connectivity index (χ0v) is 11.9. The zero-order chi connectivity index (χ0) is 13.2. The molecule has 1 saturated carbocycles. The largest absolute Gasteiger partial charge is 0.384 e. The van der Waals surface area contributed by atoms with Crippen molar-refractivity contribution >= 4 is 5.82 Å². The molecule has 19 heavy (non-hydrogen) atoms. The van der Waals surface area contributed by atoms with Crippen LogP contribution in [-0.4, -0.2) is 22.8 Å². The van der Waals surface area contributed by atoms with Gasteiger partial charge >= 0.3 is 0 Å². The van der Waals surface area contributed by atoms with E-state index in [-0.39, 0.29) is 0 Å². The number of nitrogens with two attached hydrogens (primary N) is 1. The van der Waals surface area contributed by atoms with Crippen LogP contribution < -0.4 is 5.73 Å². The average Bonchev–Trinajstić information content (AvgIpc) is 2.77. The molecule has 2 heterocycles. The summed E-state index contributed by atoms with van der Waals surface area (Å²) < 4.78 is 7.71. The van der Waals surface area contributed by atoms with E-state index >= 15 is 0 Å². The Morgan fingerprint density at radius 2 is 1.84 bits per heavy atom. The summed E-state index contributed by atoms with van der Waals surface area (Å²) in [5.74, 6) is 3.07. The van der Waals surface area contributed by atoms with Crippen LogP contribution >= 0.6 is 0 Å². The minimum atomic E-state index is 0.400. The van der Waals surface area contributed by atoms with E-state index in [2.05, 4.69) is 11.6 Å². The summed E-state index contributed by atoms with van der Waals surface area (Å²) in [6, 6.07) is 0. The SMILES string of the molecule is Cn1c(C2CCCCC2)nc(C2CCCOC2)c1N. The highest BCUT2D eigenvalue weighted by molar-refractivity contribution is 5.41. The lowest BCUT2D eigenvalue weighted by Crippen LogP contribution is -2.17. The third-order valence-corrected chi connectivity index (χ3v) is 4.72. The lowest BCUT2D eigenvalue weighted by atomic mass is 9.88. The van der Waals surface area contributed by atoms with Gasteiger partial charge in [0.15, 0.2) is 0 Å². The number of nitrogens with zero attached hydrogens (tertiary/aromatic N) is 2. The molecule has 1 atom stereocenters. The van der Waals surface area contributed by atoms with Crippen LogP contribution in [0.3, 0.4) is 0 Å². The van der Waals surface area contributed by atoms with E-state index in [0.717, 1.165) is 37.6 Å². The van der Waals surface area contributed by atoms with Gasteiger partial charge in [-0.1, -0.05) is 19.3 Å². The summed E-state index contributed by atoms with van der Waals surface area (Å²) >= 11 is 0. The molecule has 106 valence electrons. The fourth-order valence-electron chi connectivity index (χ4n) is 3.53. The fourth-order valence-corrected chi connectivity index (χ4v) is 3.53. The minimum absolute atomic E-state index is 0.400. The van der Waals surface area contributed by atoms with Crippen molar-refractivity contribution in [2.75, 3.05) is 18.9 Å². The second-order valence-electron chi connectivity index (χ2n) is 6.05. The molecule has 1 aromatic heterocycles. The predicted molar refractivity (Wildman–Crippen MR) is 76.2 cm³/mol. The van der Waals surface area contributed by atoms with E-state index in [1.165, 1.54) is 37.9 Å². The molecule has 1 aliphatic carbocycles. The van der Waals surface area contributed by atoms with Crippen molar-refractivity contribution in [3.05, 3.63) is 11.5 Å². The van der Waals surface area contributed by atoms with Gasteiger partial charge in [0.25, 0.3) is 0 Å². The maximum absolute atomic E-state index is 6.29. The van der Waals surface area contributed by atoms with E-state index < -0.39 is 0 Å². The second kappa shape index (κ2) is 5.53. The van der Waals surface area contributed by atoms with E-state index in [9.17, 15) is 0 Å². The average molecular weight is 263 g/mol. The van der Waals surface area contributed by atoms with Gasteiger partial charge in [0, 0.05) is 25.5 Å². The van der Waals surface area contributed by atoms with Crippen LogP contribution in [0.2, 0.25) is 0 Å². The summed E-state index contributed by atoms with van der Waals surface area (Å²) in [5.41, 5.74) is 7.37. The first-order valence-corrected chi connectivity index (χ1v) is 7.67. The van der Waals surface area contributed by atoms with Gasteiger partial charge in [-0.2, -0.15) is 0 Å².